The lowest BCUT2D eigenvalue weighted by Crippen LogP contribution is -2.46. The summed E-state index contributed by atoms with van der Waals surface area (Å²) in [6, 6.07) is 0. The van der Waals surface area contributed by atoms with Gasteiger partial charge in [0.05, 0.1) is 0 Å². The maximum Gasteiger partial charge on any atom is 0.185 e. The van der Waals surface area contributed by atoms with Gasteiger partial charge in [0.25, 0.3) is 0 Å². The molecule has 2 rings (SSSR count). The summed E-state index contributed by atoms with van der Waals surface area (Å²) in [6.07, 6.45) is 2.98. The minimum absolute atomic E-state index is 0.798. The number of piperazine rings is 1. The number of rotatable bonds is 4. The summed E-state index contributed by atoms with van der Waals surface area (Å²) in [4.78, 5) is 9.18. The van der Waals surface area contributed by atoms with E-state index in [0.717, 1.165) is 50.8 Å². The van der Waals surface area contributed by atoms with Crippen molar-refractivity contribution in [2.75, 3.05) is 44.2 Å². The molecule has 2 heterocycles. The SMILES string of the molecule is NCCCN1CCN(c2nccs2)CC1. The predicted octanol–water partition coefficient (Wildman–Crippen LogP) is 0.614. The van der Waals surface area contributed by atoms with Crippen molar-refractivity contribution in [3.05, 3.63) is 11.6 Å². The average molecular weight is 226 g/mol. The fourth-order valence-electron chi connectivity index (χ4n) is 1.85. The Kier molecular flexibility index (Phi) is 3.94. The number of nitrogens with two attached hydrogens (primary N) is 1. The maximum atomic E-state index is 5.50. The van der Waals surface area contributed by atoms with Gasteiger partial charge in [-0.15, -0.1) is 11.3 Å². The molecule has 1 aromatic heterocycles. The first-order chi connectivity index (χ1) is 7.40. The van der Waals surface area contributed by atoms with Crippen LogP contribution >= 0.6 is 11.3 Å². The molecule has 1 aliphatic heterocycles. The highest BCUT2D eigenvalue weighted by molar-refractivity contribution is 7.13. The molecule has 0 atom stereocenters. The molecule has 0 amide bonds. The molecule has 0 saturated carbocycles. The van der Waals surface area contributed by atoms with Crippen molar-refractivity contribution in [1.82, 2.24) is 9.88 Å². The van der Waals surface area contributed by atoms with Gasteiger partial charge in [0.15, 0.2) is 5.13 Å². The Morgan fingerprint density at radius 1 is 1.33 bits per heavy atom. The van der Waals surface area contributed by atoms with Gasteiger partial charge in [-0.1, -0.05) is 0 Å². The topological polar surface area (TPSA) is 45.4 Å². The fraction of sp³-hybridized carbons (Fsp3) is 0.700. The molecule has 15 heavy (non-hydrogen) atoms. The quantitative estimate of drug-likeness (QED) is 0.817. The van der Waals surface area contributed by atoms with Crippen molar-refractivity contribution in [2.24, 2.45) is 5.73 Å². The first-order valence-electron chi connectivity index (χ1n) is 5.47. The Morgan fingerprint density at radius 2 is 2.13 bits per heavy atom. The number of hydrogen-bond acceptors (Lipinski definition) is 5. The molecule has 1 aliphatic rings. The normalized spacial score (nSPS) is 18.3. The van der Waals surface area contributed by atoms with Crippen LogP contribution in [0.15, 0.2) is 11.6 Å². The molecule has 5 heteroatoms. The van der Waals surface area contributed by atoms with Crippen molar-refractivity contribution < 1.29 is 0 Å². The minimum atomic E-state index is 0.798. The summed E-state index contributed by atoms with van der Waals surface area (Å²) in [5, 5.41) is 3.20. The standard InChI is InChI=1S/C10H18N4S/c11-2-1-4-13-5-7-14(8-6-13)10-12-3-9-15-10/h3,9H,1-2,4-8,11H2. The molecule has 0 spiro atoms. The number of thiazole rings is 1. The number of anilines is 1. The Hall–Kier alpha value is -0.650. The summed E-state index contributed by atoms with van der Waals surface area (Å²) in [5.74, 6) is 0. The third kappa shape index (κ3) is 2.90. The molecule has 4 nitrogen and oxygen atoms in total. The highest BCUT2D eigenvalue weighted by Gasteiger charge is 2.17. The zero-order valence-corrected chi connectivity index (χ0v) is 9.75. The molecule has 2 N–H and O–H groups in total. The lowest BCUT2D eigenvalue weighted by atomic mass is 10.3. The van der Waals surface area contributed by atoms with E-state index < -0.39 is 0 Å². The number of nitrogens with zero attached hydrogens (tertiary/aromatic N) is 3. The molecule has 1 fully saturated rings. The van der Waals surface area contributed by atoms with Gasteiger partial charge in [0.2, 0.25) is 0 Å². The van der Waals surface area contributed by atoms with Gasteiger partial charge in [-0.05, 0) is 19.5 Å². The second-order valence-corrected chi connectivity index (χ2v) is 4.66. The monoisotopic (exact) mass is 226 g/mol. The Bertz CT molecular complexity index is 267. The average Bonchev–Trinajstić information content (AvgIpc) is 2.80. The van der Waals surface area contributed by atoms with E-state index >= 15 is 0 Å². The highest BCUT2D eigenvalue weighted by Crippen LogP contribution is 2.18. The van der Waals surface area contributed by atoms with Crippen LogP contribution in [0.1, 0.15) is 6.42 Å². The van der Waals surface area contributed by atoms with Crippen molar-refractivity contribution in [2.45, 2.75) is 6.42 Å². The van der Waals surface area contributed by atoms with Crippen molar-refractivity contribution in [3.8, 4) is 0 Å². The van der Waals surface area contributed by atoms with Crippen molar-refractivity contribution >= 4 is 16.5 Å². The zero-order valence-electron chi connectivity index (χ0n) is 8.93. The second-order valence-electron chi connectivity index (χ2n) is 3.79. The molecule has 0 bridgehead atoms. The van der Waals surface area contributed by atoms with E-state index in [9.17, 15) is 0 Å². The lowest BCUT2D eigenvalue weighted by Gasteiger charge is -2.34. The van der Waals surface area contributed by atoms with Gasteiger partial charge >= 0.3 is 0 Å². The number of aromatic nitrogens is 1. The van der Waals surface area contributed by atoms with E-state index in [2.05, 4.69) is 14.8 Å². The zero-order chi connectivity index (χ0) is 10.5. The molecular formula is C10H18N4S. The molecule has 0 aromatic carbocycles. The molecular weight excluding hydrogens is 208 g/mol. The third-order valence-corrected chi connectivity index (χ3v) is 3.57. The van der Waals surface area contributed by atoms with Gasteiger partial charge in [0.1, 0.15) is 0 Å². The van der Waals surface area contributed by atoms with Crippen LogP contribution in [-0.2, 0) is 0 Å². The predicted molar refractivity (Wildman–Crippen MR) is 64.4 cm³/mol. The van der Waals surface area contributed by atoms with E-state index in [1.807, 2.05) is 11.6 Å². The van der Waals surface area contributed by atoms with Gasteiger partial charge in [-0.3, -0.25) is 4.90 Å². The molecule has 1 saturated heterocycles. The third-order valence-electron chi connectivity index (χ3n) is 2.74. The Balaban J connectivity index is 1.77. The van der Waals surface area contributed by atoms with E-state index in [0.29, 0.717) is 0 Å². The molecule has 0 aliphatic carbocycles. The van der Waals surface area contributed by atoms with Crippen LogP contribution in [0.25, 0.3) is 0 Å². The largest absolute Gasteiger partial charge is 0.346 e. The minimum Gasteiger partial charge on any atom is -0.346 e. The van der Waals surface area contributed by atoms with Gasteiger partial charge in [-0.25, -0.2) is 4.98 Å². The Labute approximate surface area is 94.7 Å². The van der Waals surface area contributed by atoms with E-state index in [4.69, 9.17) is 5.73 Å². The van der Waals surface area contributed by atoms with Crippen molar-refractivity contribution in [3.63, 3.8) is 0 Å². The highest BCUT2D eigenvalue weighted by atomic mass is 32.1. The van der Waals surface area contributed by atoms with Gasteiger partial charge in [0, 0.05) is 37.8 Å². The number of hydrogen-bond donors (Lipinski definition) is 1. The Morgan fingerprint density at radius 3 is 2.73 bits per heavy atom. The smallest absolute Gasteiger partial charge is 0.185 e. The summed E-state index contributed by atoms with van der Waals surface area (Å²) in [7, 11) is 0. The van der Waals surface area contributed by atoms with Crippen LogP contribution in [0.5, 0.6) is 0 Å². The van der Waals surface area contributed by atoms with Crippen molar-refractivity contribution in [1.29, 1.82) is 0 Å². The van der Waals surface area contributed by atoms with Gasteiger partial charge in [-0.2, -0.15) is 0 Å². The summed E-state index contributed by atoms with van der Waals surface area (Å²) in [5.41, 5.74) is 5.50. The first-order valence-corrected chi connectivity index (χ1v) is 6.35. The van der Waals surface area contributed by atoms with E-state index in [1.165, 1.54) is 0 Å². The fourth-order valence-corrected chi connectivity index (χ4v) is 2.55. The maximum absolute atomic E-state index is 5.50. The van der Waals surface area contributed by atoms with E-state index in [1.54, 1.807) is 11.3 Å². The summed E-state index contributed by atoms with van der Waals surface area (Å²) >= 11 is 1.72. The van der Waals surface area contributed by atoms with Crippen LogP contribution in [0.3, 0.4) is 0 Å². The molecule has 1 aromatic rings. The van der Waals surface area contributed by atoms with E-state index in [-0.39, 0.29) is 0 Å². The molecule has 0 unspecified atom stereocenters. The molecule has 0 radical (unpaired) electrons. The first kappa shape index (κ1) is 10.9. The van der Waals surface area contributed by atoms with Gasteiger partial charge < -0.3 is 10.6 Å². The van der Waals surface area contributed by atoms with Crippen LogP contribution in [0.4, 0.5) is 5.13 Å². The van der Waals surface area contributed by atoms with Crippen LogP contribution in [-0.4, -0.2) is 49.2 Å². The lowest BCUT2D eigenvalue weighted by molar-refractivity contribution is 0.256. The summed E-state index contributed by atoms with van der Waals surface area (Å²) < 4.78 is 0. The molecule has 84 valence electrons. The van der Waals surface area contributed by atoms with Crippen LogP contribution < -0.4 is 10.6 Å². The summed E-state index contributed by atoms with van der Waals surface area (Å²) in [6.45, 7) is 6.41. The second kappa shape index (κ2) is 5.44. The van der Waals surface area contributed by atoms with Crippen LogP contribution in [0.2, 0.25) is 0 Å². The van der Waals surface area contributed by atoms with Crippen LogP contribution in [0, 0.1) is 0 Å².